The molecule has 1 saturated heterocycles. The smallest absolute Gasteiger partial charge is 0.254 e. The molecule has 1 saturated carbocycles. The highest BCUT2D eigenvalue weighted by molar-refractivity contribution is 5.99. The van der Waals surface area contributed by atoms with Gasteiger partial charge < -0.3 is 15.0 Å². The summed E-state index contributed by atoms with van der Waals surface area (Å²) in [6, 6.07) is 15.0. The number of amides is 2. The van der Waals surface area contributed by atoms with Crippen LogP contribution in [0.5, 0.6) is 5.75 Å². The first-order valence-electron chi connectivity index (χ1n) is 9.99. The molecule has 2 amide bonds. The second kappa shape index (κ2) is 8.05. The van der Waals surface area contributed by atoms with Gasteiger partial charge in [0.1, 0.15) is 11.8 Å². The molecule has 0 aromatic heterocycles. The van der Waals surface area contributed by atoms with E-state index in [0.29, 0.717) is 18.0 Å². The van der Waals surface area contributed by atoms with E-state index in [4.69, 9.17) is 4.74 Å². The lowest BCUT2D eigenvalue weighted by Crippen LogP contribution is -2.46. The van der Waals surface area contributed by atoms with Crippen molar-refractivity contribution in [2.75, 3.05) is 20.2 Å². The normalized spacial score (nSPS) is 18.8. The standard InChI is InChI=1S/C23H26N2O3/c1-28-21-10-3-2-8-19(21)17-6-4-7-18(14-17)23(27)25-13-5-9-20(25)22(26)24-15-16-11-12-16/h2-4,6-8,10,14,16,20H,5,9,11-13,15H2,1H3,(H,24,26)/t20-/m0/s1. The van der Waals surface area contributed by atoms with Crippen LogP contribution in [0.2, 0.25) is 0 Å². The van der Waals surface area contributed by atoms with Crippen molar-refractivity contribution in [2.24, 2.45) is 5.92 Å². The zero-order chi connectivity index (χ0) is 19.5. The van der Waals surface area contributed by atoms with Crippen LogP contribution in [0.1, 0.15) is 36.0 Å². The summed E-state index contributed by atoms with van der Waals surface area (Å²) in [5.74, 6) is 1.30. The maximum absolute atomic E-state index is 13.2. The summed E-state index contributed by atoms with van der Waals surface area (Å²) in [6.07, 6.45) is 3.99. The summed E-state index contributed by atoms with van der Waals surface area (Å²) in [4.78, 5) is 27.5. The van der Waals surface area contributed by atoms with E-state index in [9.17, 15) is 9.59 Å². The molecule has 146 valence electrons. The van der Waals surface area contributed by atoms with Crippen LogP contribution >= 0.6 is 0 Å². The first-order chi connectivity index (χ1) is 13.7. The van der Waals surface area contributed by atoms with Crippen LogP contribution in [0, 0.1) is 5.92 Å². The Morgan fingerprint density at radius 2 is 1.93 bits per heavy atom. The fourth-order valence-electron chi connectivity index (χ4n) is 3.84. The molecule has 1 heterocycles. The van der Waals surface area contributed by atoms with Crippen LogP contribution in [-0.4, -0.2) is 43.0 Å². The molecular weight excluding hydrogens is 352 g/mol. The number of carbonyl (C=O) groups excluding carboxylic acids is 2. The third-order valence-electron chi connectivity index (χ3n) is 5.61. The molecule has 2 aromatic carbocycles. The third kappa shape index (κ3) is 3.88. The lowest BCUT2D eigenvalue weighted by Gasteiger charge is -2.24. The van der Waals surface area contributed by atoms with Crippen molar-refractivity contribution in [3.63, 3.8) is 0 Å². The Labute approximate surface area is 165 Å². The summed E-state index contributed by atoms with van der Waals surface area (Å²) >= 11 is 0. The first-order valence-corrected chi connectivity index (χ1v) is 9.99. The van der Waals surface area contributed by atoms with E-state index >= 15 is 0 Å². The maximum atomic E-state index is 13.2. The zero-order valence-electron chi connectivity index (χ0n) is 16.2. The van der Waals surface area contributed by atoms with Crippen molar-refractivity contribution < 1.29 is 14.3 Å². The number of benzene rings is 2. The number of carbonyl (C=O) groups is 2. The number of para-hydroxylation sites is 1. The number of nitrogens with zero attached hydrogens (tertiary/aromatic N) is 1. The molecule has 0 spiro atoms. The van der Waals surface area contributed by atoms with E-state index in [2.05, 4.69) is 5.32 Å². The van der Waals surface area contributed by atoms with Crippen LogP contribution in [0.25, 0.3) is 11.1 Å². The fourth-order valence-corrected chi connectivity index (χ4v) is 3.84. The van der Waals surface area contributed by atoms with E-state index in [1.54, 1.807) is 12.0 Å². The van der Waals surface area contributed by atoms with Gasteiger partial charge in [-0.15, -0.1) is 0 Å². The monoisotopic (exact) mass is 378 g/mol. The molecule has 1 aliphatic carbocycles. The minimum absolute atomic E-state index is 0.0152. The maximum Gasteiger partial charge on any atom is 0.254 e. The van der Waals surface area contributed by atoms with Gasteiger partial charge in [-0.25, -0.2) is 0 Å². The molecule has 5 heteroatoms. The summed E-state index contributed by atoms with van der Waals surface area (Å²) in [5.41, 5.74) is 2.47. The van der Waals surface area contributed by atoms with Crippen molar-refractivity contribution in [2.45, 2.75) is 31.7 Å². The van der Waals surface area contributed by atoms with Gasteiger partial charge in [-0.1, -0.05) is 30.3 Å². The molecular formula is C23H26N2O3. The molecule has 5 nitrogen and oxygen atoms in total. The van der Waals surface area contributed by atoms with E-state index in [-0.39, 0.29) is 17.9 Å². The Bertz CT molecular complexity index is 876. The van der Waals surface area contributed by atoms with Gasteiger partial charge in [0, 0.05) is 24.2 Å². The first kappa shape index (κ1) is 18.5. The van der Waals surface area contributed by atoms with E-state index in [0.717, 1.165) is 36.3 Å². The predicted molar refractivity (Wildman–Crippen MR) is 108 cm³/mol. The van der Waals surface area contributed by atoms with E-state index in [1.807, 2.05) is 48.5 Å². The second-order valence-electron chi connectivity index (χ2n) is 7.63. The Morgan fingerprint density at radius 3 is 2.71 bits per heavy atom. The van der Waals surface area contributed by atoms with Crippen LogP contribution in [0.3, 0.4) is 0 Å². The average molecular weight is 378 g/mol. The Morgan fingerprint density at radius 1 is 1.11 bits per heavy atom. The number of rotatable bonds is 6. The highest BCUT2D eigenvalue weighted by Gasteiger charge is 2.35. The lowest BCUT2D eigenvalue weighted by atomic mass is 10.0. The van der Waals surface area contributed by atoms with Gasteiger partial charge in [0.2, 0.25) is 5.91 Å². The van der Waals surface area contributed by atoms with Crippen LogP contribution in [0.15, 0.2) is 48.5 Å². The summed E-state index contributed by atoms with van der Waals surface area (Å²) < 4.78 is 5.45. The van der Waals surface area contributed by atoms with Gasteiger partial charge in [0.05, 0.1) is 7.11 Å². The van der Waals surface area contributed by atoms with Gasteiger partial charge in [-0.05, 0) is 55.4 Å². The van der Waals surface area contributed by atoms with Crippen LogP contribution in [0.4, 0.5) is 0 Å². The molecule has 1 atom stereocenters. The van der Waals surface area contributed by atoms with Gasteiger partial charge in [-0.3, -0.25) is 9.59 Å². The fraction of sp³-hybridized carbons (Fsp3) is 0.391. The number of methoxy groups -OCH3 is 1. The number of hydrogen-bond acceptors (Lipinski definition) is 3. The number of ether oxygens (including phenoxy) is 1. The molecule has 28 heavy (non-hydrogen) atoms. The topological polar surface area (TPSA) is 58.6 Å². The van der Waals surface area contributed by atoms with Crippen molar-refractivity contribution in [1.29, 1.82) is 0 Å². The van der Waals surface area contributed by atoms with Gasteiger partial charge >= 0.3 is 0 Å². The number of hydrogen-bond donors (Lipinski definition) is 1. The molecule has 2 fully saturated rings. The third-order valence-corrected chi connectivity index (χ3v) is 5.61. The molecule has 0 radical (unpaired) electrons. The highest BCUT2D eigenvalue weighted by atomic mass is 16.5. The molecule has 0 unspecified atom stereocenters. The molecule has 4 rings (SSSR count). The number of likely N-dealkylation sites (tertiary alicyclic amines) is 1. The van der Waals surface area contributed by atoms with E-state index in [1.165, 1.54) is 12.8 Å². The number of nitrogens with one attached hydrogen (secondary N) is 1. The highest BCUT2D eigenvalue weighted by Crippen LogP contribution is 2.31. The van der Waals surface area contributed by atoms with Crippen molar-refractivity contribution in [3.8, 4) is 16.9 Å². The zero-order valence-corrected chi connectivity index (χ0v) is 16.2. The van der Waals surface area contributed by atoms with Crippen molar-refractivity contribution in [1.82, 2.24) is 10.2 Å². The Kier molecular flexibility index (Phi) is 5.33. The van der Waals surface area contributed by atoms with Crippen LogP contribution < -0.4 is 10.1 Å². The SMILES string of the molecule is COc1ccccc1-c1cccc(C(=O)N2CCC[C@H]2C(=O)NCC2CC2)c1. The minimum Gasteiger partial charge on any atom is -0.496 e. The average Bonchev–Trinajstić information content (AvgIpc) is 3.45. The van der Waals surface area contributed by atoms with Crippen molar-refractivity contribution >= 4 is 11.8 Å². The van der Waals surface area contributed by atoms with Crippen molar-refractivity contribution in [3.05, 3.63) is 54.1 Å². The summed E-state index contributed by atoms with van der Waals surface area (Å²) in [7, 11) is 1.64. The second-order valence-corrected chi connectivity index (χ2v) is 7.63. The van der Waals surface area contributed by atoms with E-state index < -0.39 is 0 Å². The molecule has 1 aliphatic heterocycles. The Balaban J connectivity index is 1.53. The molecule has 1 N–H and O–H groups in total. The van der Waals surface area contributed by atoms with Gasteiger partial charge in [-0.2, -0.15) is 0 Å². The molecule has 0 bridgehead atoms. The Hall–Kier alpha value is -2.82. The minimum atomic E-state index is -0.360. The quantitative estimate of drug-likeness (QED) is 0.837. The molecule has 2 aromatic rings. The van der Waals surface area contributed by atoms with Crippen LogP contribution in [-0.2, 0) is 4.79 Å². The predicted octanol–water partition coefficient (Wildman–Crippen LogP) is 3.49. The largest absolute Gasteiger partial charge is 0.496 e. The molecule has 2 aliphatic rings. The lowest BCUT2D eigenvalue weighted by molar-refractivity contribution is -0.124. The van der Waals surface area contributed by atoms with Gasteiger partial charge in [0.15, 0.2) is 0 Å². The summed E-state index contributed by atoms with van der Waals surface area (Å²) in [5, 5.41) is 3.03. The van der Waals surface area contributed by atoms with Gasteiger partial charge in [0.25, 0.3) is 5.91 Å². The summed E-state index contributed by atoms with van der Waals surface area (Å²) in [6.45, 7) is 1.36.